The molecule has 33 heavy (non-hydrogen) atoms. The minimum Gasteiger partial charge on any atom is -0.393 e. The summed E-state index contributed by atoms with van der Waals surface area (Å²) in [4.78, 5) is 0. The van der Waals surface area contributed by atoms with E-state index in [1.165, 1.54) is 63.4 Å². The second-order valence-electron chi connectivity index (χ2n) is 14.3. The highest BCUT2D eigenvalue weighted by molar-refractivity contribution is 5.23. The number of nitrogens with two attached hydrogens (primary N) is 1. The van der Waals surface area contributed by atoms with E-state index >= 15 is 0 Å². The predicted octanol–water partition coefficient (Wildman–Crippen LogP) is 7.74. The van der Waals surface area contributed by atoms with Gasteiger partial charge in [0.1, 0.15) is 0 Å². The Labute approximate surface area is 205 Å². The second kappa shape index (κ2) is 8.09. The summed E-state index contributed by atoms with van der Waals surface area (Å²) in [6, 6.07) is 0. The van der Waals surface area contributed by atoms with Crippen LogP contribution in [0, 0.1) is 51.2 Å². The van der Waals surface area contributed by atoms with Crippen molar-refractivity contribution in [3.8, 4) is 0 Å². The number of hydrogen-bond donors (Lipinski definition) is 2. The smallest absolute Gasteiger partial charge is 0.0594 e. The van der Waals surface area contributed by atoms with E-state index in [9.17, 15) is 5.11 Å². The summed E-state index contributed by atoms with van der Waals surface area (Å²) in [6.45, 7) is 23.4. The van der Waals surface area contributed by atoms with Crippen LogP contribution in [-0.4, -0.2) is 16.7 Å². The van der Waals surface area contributed by atoms with Gasteiger partial charge in [0.2, 0.25) is 0 Å². The zero-order chi connectivity index (χ0) is 24.6. The van der Waals surface area contributed by atoms with Crippen LogP contribution in [0.4, 0.5) is 0 Å². The van der Waals surface area contributed by atoms with Crippen LogP contribution >= 0.6 is 0 Å². The van der Waals surface area contributed by atoms with Crippen LogP contribution < -0.4 is 5.73 Å². The molecule has 190 valence electrons. The number of hydrogen-bond acceptors (Lipinski definition) is 2. The van der Waals surface area contributed by atoms with Crippen molar-refractivity contribution in [1.29, 1.82) is 0 Å². The number of aliphatic hydroxyl groups excluding tert-OH is 1. The zero-order valence-corrected chi connectivity index (χ0v) is 23.3. The maximum absolute atomic E-state index is 10.9. The van der Waals surface area contributed by atoms with Gasteiger partial charge in [0.15, 0.2) is 0 Å². The highest BCUT2D eigenvalue weighted by atomic mass is 16.3. The summed E-state index contributed by atoms with van der Waals surface area (Å²) in [5, 5.41) is 10.9. The van der Waals surface area contributed by atoms with E-state index in [1.807, 2.05) is 13.8 Å². The maximum atomic E-state index is 10.9. The summed E-state index contributed by atoms with van der Waals surface area (Å²) in [5.74, 6) is 3.44. The normalized spacial score (nSPS) is 54.6. The van der Waals surface area contributed by atoms with Crippen LogP contribution in [0.15, 0.2) is 12.2 Å². The first-order valence-corrected chi connectivity index (χ1v) is 14.4. The molecule has 0 bridgehead atoms. The first-order chi connectivity index (χ1) is 15.3. The number of aliphatic hydroxyl groups is 1. The summed E-state index contributed by atoms with van der Waals surface area (Å²) < 4.78 is 0. The molecule has 0 aromatic heterocycles. The average molecular weight is 458 g/mol. The van der Waals surface area contributed by atoms with Gasteiger partial charge in [-0.2, -0.15) is 0 Å². The fourth-order valence-electron chi connectivity index (χ4n) is 11.2. The Hall–Kier alpha value is -0.340. The summed E-state index contributed by atoms with van der Waals surface area (Å²) in [6.07, 6.45) is 12.4. The van der Waals surface area contributed by atoms with E-state index in [0.717, 1.165) is 18.3 Å². The molecule has 0 radical (unpaired) electrons. The highest BCUT2D eigenvalue weighted by Gasteiger charge is 2.70. The number of rotatable bonds is 1. The van der Waals surface area contributed by atoms with E-state index in [4.69, 9.17) is 5.73 Å². The topological polar surface area (TPSA) is 46.2 Å². The van der Waals surface area contributed by atoms with Crippen LogP contribution in [0.2, 0.25) is 0 Å². The lowest BCUT2D eigenvalue weighted by Crippen LogP contribution is -2.68. The molecule has 0 aliphatic heterocycles. The van der Waals surface area contributed by atoms with E-state index in [1.54, 1.807) is 0 Å². The van der Waals surface area contributed by atoms with Crippen molar-refractivity contribution >= 4 is 0 Å². The minimum atomic E-state index is -0.135. The number of fused-ring (bicyclic) bond motifs is 7. The van der Waals surface area contributed by atoms with E-state index in [2.05, 4.69) is 48.1 Å². The van der Waals surface area contributed by atoms with E-state index < -0.39 is 0 Å². The van der Waals surface area contributed by atoms with Gasteiger partial charge in [-0.3, -0.25) is 0 Å². The molecule has 0 amide bonds. The Balaban J connectivity index is 0.00000126. The first kappa shape index (κ1) is 25.7. The van der Waals surface area contributed by atoms with Crippen molar-refractivity contribution in [3.63, 3.8) is 0 Å². The zero-order valence-electron chi connectivity index (χ0n) is 23.3. The molecule has 3 N–H and O–H groups in total. The van der Waals surface area contributed by atoms with Gasteiger partial charge in [-0.15, -0.1) is 0 Å². The fourth-order valence-corrected chi connectivity index (χ4v) is 11.2. The molecule has 2 heteroatoms. The lowest BCUT2D eigenvalue weighted by molar-refractivity contribution is -0.242. The van der Waals surface area contributed by atoms with Crippen LogP contribution in [0.25, 0.3) is 0 Å². The van der Waals surface area contributed by atoms with Crippen LogP contribution in [-0.2, 0) is 0 Å². The molecule has 5 aliphatic rings. The molecule has 0 aromatic carbocycles. The van der Waals surface area contributed by atoms with Crippen molar-refractivity contribution in [1.82, 2.24) is 0 Å². The van der Waals surface area contributed by atoms with Gasteiger partial charge in [-0.05, 0) is 122 Å². The Bertz CT molecular complexity index is 773. The second-order valence-corrected chi connectivity index (χ2v) is 14.3. The Morgan fingerprint density at radius 2 is 1.45 bits per heavy atom. The molecule has 10 atom stereocenters. The Morgan fingerprint density at radius 1 is 0.788 bits per heavy atom. The lowest BCUT2D eigenvalue weighted by Gasteiger charge is -2.72. The van der Waals surface area contributed by atoms with E-state index in [0.29, 0.717) is 34.0 Å². The third-order valence-electron chi connectivity index (χ3n) is 13.1. The van der Waals surface area contributed by atoms with Crippen molar-refractivity contribution in [2.45, 2.75) is 131 Å². The maximum Gasteiger partial charge on any atom is 0.0594 e. The largest absolute Gasteiger partial charge is 0.393 e. The average Bonchev–Trinajstić information content (AvgIpc) is 3.11. The molecule has 0 saturated heterocycles. The molecule has 2 nitrogen and oxygen atoms in total. The minimum absolute atomic E-state index is 0.0432. The third-order valence-corrected chi connectivity index (χ3v) is 13.1. The molecule has 0 aromatic rings. The molecule has 5 rings (SSSR count). The van der Waals surface area contributed by atoms with Gasteiger partial charge in [0.05, 0.1) is 6.10 Å². The molecule has 0 heterocycles. The molecule has 0 spiro atoms. The molecule has 5 saturated carbocycles. The third kappa shape index (κ3) is 3.24. The van der Waals surface area contributed by atoms with Gasteiger partial charge in [-0.25, -0.2) is 0 Å². The standard InChI is InChI=1S/C29H49NO.C2H6/c1-18(2)19-10-15-29(30)17-16-27(6)20(24(19)29)8-9-22-26(5)13-12-23(31)25(3,4)21(26)11-14-28(22,27)7;1-2/h19-24,31H,1,8-17,30H2,2-7H3;1-2H3/t19-,20?,21?,22?,23?,24?,26?,27+,28?,29?;/m0./s1. The summed E-state index contributed by atoms with van der Waals surface area (Å²) >= 11 is 0. The summed E-state index contributed by atoms with van der Waals surface area (Å²) in [5.41, 5.74) is 9.80. The predicted molar refractivity (Wildman–Crippen MR) is 141 cm³/mol. The van der Waals surface area contributed by atoms with Gasteiger partial charge in [0, 0.05) is 5.54 Å². The van der Waals surface area contributed by atoms with Crippen LogP contribution in [0.3, 0.4) is 0 Å². The van der Waals surface area contributed by atoms with Gasteiger partial charge in [0.25, 0.3) is 0 Å². The monoisotopic (exact) mass is 457 g/mol. The van der Waals surface area contributed by atoms with Gasteiger partial charge < -0.3 is 10.8 Å². The van der Waals surface area contributed by atoms with Crippen molar-refractivity contribution in [2.75, 3.05) is 0 Å². The lowest BCUT2D eigenvalue weighted by atomic mass is 9.32. The molecule has 8 unspecified atom stereocenters. The molecule has 5 aliphatic carbocycles. The van der Waals surface area contributed by atoms with E-state index in [-0.39, 0.29) is 17.1 Å². The molecular weight excluding hydrogens is 402 g/mol. The molecule has 5 fully saturated rings. The van der Waals surface area contributed by atoms with Crippen molar-refractivity contribution in [2.24, 2.45) is 57.0 Å². The first-order valence-electron chi connectivity index (χ1n) is 14.4. The summed E-state index contributed by atoms with van der Waals surface area (Å²) in [7, 11) is 0. The Morgan fingerprint density at radius 3 is 2.09 bits per heavy atom. The molecular formula is C31H55NO. The SMILES string of the molecule is C=C(C)[C@@H]1CCC2(N)CC[C@]3(C)C(CCC4C5(C)CCC(O)C(C)(C)C5CCC43C)C12.CC. The van der Waals surface area contributed by atoms with Gasteiger partial charge >= 0.3 is 0 Å². The highest BCUT2D eigenvalue weighted by Crippen LogP contribution is 2.76. The van der Waals surface area contributed by atoms with Crippen molar-refractivity contribution in [3.05, 3.63) is 12.2 Å². The van der Waals surface area contributed by atoms with Crippen LogP contribution in [0.1, 0.15) is 120 Å². The quantitative estimate of drug-likeness (QED) is 0.395. The number of allylic oxidation sites excluding steroid dienone is 1. The Kier molecular flexibility index (Phi) is 6.31. The fraction of sp³-hybridized carbons (Fsp3) is 0.935. The van der Waals surface area contributed by atoms with Crippen LogP contribution in [0.5, 0.6) is 0 Å². The van der Waals surface area contributed by atoms with Crippen molar-refractivity contribution < 1.29 is 5.11 Å². The van der Waals surface area contributed by atoms with Gasteiger partial charge in [-0.1, -0.05) is 60.6 Å².